The van der Waals surface area contributed by atoms with Gasteiger partial charge < -0.3 is 5.11 Å². The molecular weight excluding hydrogens is 371 g/mol. The Morgan fingerprint density at radius 2 is 1.86 bits per heavy atom. The summed E-state index contributed by atoms with van der Waals surface area (Å²) in [7, 11) is 3.15. The minimum absolute atomic E-state index is 0.121. The molecule has 3 saturated carbocycles. The normalized spacial score (nSPS) is 47.9. The van der Waals surface area contributed by atoms with E-state index in [0.29, 0.717) is 16.5 Å². The number of allylic oxidation sites excluding steroid dienone is 1. The van der Waals surface area contributed by atoms with E-state index in [2.05, 4.69) is 49.9 Å². The predicted molar refractivity (Wildman–Crippen MR) is 128 cm³/mol. The van der Waals surface area contributed by atoms with Crippen molar-refractivity contribution in [2.45, 2.75) is 111 Å². The molecule has 3 fully saturated rings. The molecule has 1 N–H and O–H groups in total. The van der Waals surface area contributed by atoms with Crippen LogP contribution in [0.5, 0.6) is 0 Å². The minimum atomic E-state index is -0.121. The zero-order chi connectivity index (χ0) is 21.0. The maximum Gasteiger partial charge on any atom is 0.0583 e. The highest BCUT2D eigenvalue weighted by Gasteiger charge is 2.60. The lowest BCUT2D eigenvalue weighted by Crippen LogP contribution is -2.54. The number of rotatable bonds is 5. The summed E-state index contributed by atoms with van der Waals surface area (Å²) in [6, 6.07) is 0. The van der Waals surface area contributed by atoms with E-state index in [9.17, 15) is 5.11 Å². The number of fused-ring (bicyclic) bond motifs is 5. The van der Waals surface area contributed by atoms with Gasteiger partial charge in [0.05, 0.1) is 6.10 Å². The molecular formula is C27H47OP. The lowest BCUT2D eigenvalue weighted by atomic mass is 9.46. The minimum Gasteiger partial charge on any atom is -0.393 e. The average molecular weight is 419 g/mol. The van der Waals surface area contributed by atoms with Gasteiger partial charge in [-0.3, -0.25) is 0 Å². The molecule has 0 heterocycles. The quantitative estimate of drug-likeness (QED) is 0.368. The Morgan fingerprint density at radius 3 is 2.59 bits per heavy atom. The number of aliphatic hydroxyl groups is 1. The first-order valence-electron chi connectivity index (χ1n) is 12.8. The Morgan fingerprint density at radius 1 is 1.10 bits per heavy atom. The lowest BCUT2D eigenvalue weighted by Gasteiger charge is -2.60. The topological polar surface area (TPSA) is 20.2 Å². The molecule has 0 spiro atoms. The van der Waals surface area contributed by atoms with Crippen LogP contribution >= 0.6 is 9.24 Å². The van der Waals surface area contributed by atoms with E-state index in [1.165, 1.54) is 51.4 Å². The van der Waals surface area contributed by atoms with Gasteiger partial charge in [-0.25, -0.2) is 0 Å². The monoisotopic (exact) mass is 418 g/mol. The van der Waals surface area contributed by atoms with Crippen LogP contribution in [0.4, 0.5) is 0 Å². The third-order valence-corrected chi connectivity index (χ3v) is 11.5. The molecule has 0 saturated heterocycles. The fourth-order valence-corrected chi connectivity index (χ4v) is 9.59. The van der Waals surface area contributed by atoms with Gasteiger partial charge in [-0.2, -0.15) is 0 Å². The third-order valence-electron chi connectivity index (χ3n) is 10.5. The van der Waals surface area contributed by atoms with E-state index in [4.69, 9.17) is 0 Å². The first-order chi connectivity index (χ1) is 13.7. The summed E-state index contributed by atoms with van der Waals surface area (Å²) in [6.45, 7) is 12.6. The fourth-order valence-electron chi connectivity index (χ4n) is 8.81. The molecule has 29 heavy (non-hydrogen) atoms. The van der Waals surface area contributed by atoms with Crippen molar-refractivity contribution < 1.29 is 5.11 Å². The average Bonchev–Trinajstić information content (AvgIpc) is 3.00. The van der Waals surface area contributed by atoms with Gasteiger partial charge in [0.2, 0.25) is 0 Å². The highest BCUT2D eigenvalue weighted by atomic mass is 31.0. The molecule has 2 heteroatoms. The zero-order valence-corrected chi connectivity index (χ0v) is 20.9. The van der Waals surface area contributed by atoms with Crippen molar-refractivity contribution in [1.29, 1.82) is 0 Å². The van der Waals surface area contributed by atoms with Crippen LogP contribution in [0.15, 0.2) is 11.6 Å². The molecule has 0 aliphatic heterocycles. The summed E-state index contributed by atoms with van der Waals surface area (Å²) in [4.78, 5) is 0. The summed E-state index contributed by atoms with van der Waals surface area (Å²) in [5, 5.41) is 10.4. The third kappa shape index (κ3) is 3.69. The molecule has 2 unspecified atom stereocenters. The second-order valence-corrected chi connectivity index (χ2v) is 13.2. The Hall–Kier alpha value is 0.130. The SMILES string of the molecule is CC(C)CCC[C@@H](C)[C@H]1CC[C@H]2[C@@H]3CC=C4C[C@@H](O)CC(P)[C@]4(C)[C@H]3CC[C@]12C. The Balaban J connectivity index is 1.52. The van der Waals surface area contributed by atoms with E-state index in [1.54, 1.807) is 5.57 Å². The van der Waals surface area contributed by atoms with Crippen LogP contribution in [0.25, 0.3) is 0 Å². The van der Waals surface area contributed by atoms with Crippen molar-refractivity contribution in [2.75, 3.05) is 0 Å². The molecule has 0 aromatic carbocycles. The maximum atomic E-state index is 10.4. The van der Waals surface area contributed by atoms with Crippen molar-refractivity contribution >= 4 is 9.24 Å². The van der Waals surface area contributed by atoms with Gasteiger partial charge in [0.15, 0.2) is 0 Å². The Labute approximate surface area is 183 Å². The Bertz CT molecular complexity index is 626. The summed E-state index contributed by atoms with van der Waals surface area (Å²) in [5.74, 6) is 5.34. The lowest BCUT2D eigenvalue weighted by molar-refractivity contribution is -0.0550. The molecule has 4 aliphatic carbocycles. The maximum absolute atomic E-state index is 10.4. The molecule has 4 rings (SSSR count). The number of hydrogen-bond donors (Lipinski definition) is 1. The van der Waals surface area contributed by atoms with E-state index in [1.807, 2.05) is 0 Å². The van der Waals surface area contributed by atoms with Gasteiger partial charge >= 0.3 is 0 Å². The highest BCUT2D eigenvalue weighted by Crippen LogP contribution is 2.68. The van der Waals surface area contributed by atoms with Crippen molar-refractivity contribution in [3.8, 4) is 0 Å². The second kappa shape index (κ2) is 8.24. The van der Waals surface area contributed by atoms with Crippen molar-refractivity contribution in [3.63, 3.8) is 0 Å². The fraction of sp³-hybridized carbons (Fsp3) is 0.926. The van der Waals surface area contributed by atoms with Crippen LogP contribution in [-0.2, 0) is 0 Å². The predicted octanol–water partition coefficient (Wildman–Crippen LogP) is 7.24. The molecule has 10 atom stereocenters. The van der Waals surface area contributed by atoms with Crippen LogP contribution in [0.2, 0.25) is 0 Å². The van der Waals surface area contributed by atoms with Crippen LogP contribution in [-0.4, -0.2) is 16.9 Å². The molecule has 0 amide bonds. The van der Waals surface area contributed by atoms with Gasteiger partial charge in [-0.05, 0) is 96.9 Å². The summed E-state index contributed by atoms with van der Waals surface area (Å²) in [6.07, 6.45) is 15.7. The first-order valence-corrected chi connectivity index (χ1v) is 13.5. The summed E-state index contributed by atoms with van der Waals surface area (Å²) < 4.78 is 0. The molecule has 0 bridgehead atoms. The molecule has 4 aliphatic rings. The van der Waals surface area contributed by atoms with E-state index in [-0.39, 0.29) is 6.10 Å². The standard InChI is InChI=1S/C27H47OP/c1-17(2)7-6-8-18(3)22-11-12-23-21-10-9-19-15-20(28)16-25(29)27(19,5)24(21)13-14-26(22,23)4/h9,17-18,20-25,28H,6-8,10-16,29H2,1-5H3/t18-,20-,21+,22-,23+,24+,25?,26-,27+/m1/s1. The Kier molecular flexibility index (Phi) is 6.34. The zero-order valence-electron chi connectivity index (χ0n) is 19.8. The molecule has 0 aromatic heterocycles. The van der Waals surface area contributed by atoms with Gasteiger partial charge in [0.25, 0.3) is 0 Å². The molecule has 0 aromatic rings. The molecule has 166 valence electrons. The van der Waals surface area contributed by atoms with Crippen LogP contribution in [0.1, 0.15) is 98.8 Å². The van der Waals surface area contributed by atoms with Crippen LogP contribution in [0.3, 0.4) is 0 Å². The largest absolute Gasteiger partial charge is 0.393 e. The van der Waals surface area contributed by atoms with E-state index < -0.39 is 0 Å². The van der Waals surface area contributed by atoms with Crippen molar-refractivity contribution in [1.82, 2.24) is 0 Å². The van der Waals surface area contributed by atoms with Crippen molar-refractivity contribution in [3.05, 3.63) is 11.6 Å². The summed E-state index contributed by atoms with van der Waals surface area (Å²) in [5.41, 5.74) is 3.03. The smallest absolute Gasteiger partial charge is 0.0583 e. The summed E-state index contributed by atoms with van der Waals surface area (Å²) >= 11 is 0. The van der Waals surface area contributed by atoms with Gasteiger partial charge in [0.1, 0.15) is 0 Å². The first kappa shape index (κ1) is 22.3. The second-order valence-electron chi connectivity index (χ2n) is 12.4. The number of hydrogen-bond acceptors (Lipinski definition) is 1. The van der Waals surface area contributed by atoms with Gasteiger partial charge in [0, 0.05) is 0 Å². The van der Waals surface area contributed by atoms with Crippen LogP contribution < -0.4 is 0 Å². The van der Waals surface area contributed by atoms with E-state index >= 15 is 0 Å². The number of aliphatic hydroxyl groups excluding tert-OH is 1. The van der Waals surface area contributed by atoms with Crippen molar-refractivity contribution in [2.24, 2.45) is 46.3 Å². The van der Waals surface area contributed by atoms with Gasteiger partial charge in [-0.1, -0.05) is 65.5 Å². The molecule has 0 radical (unpaired) electrons. The molecule has 1 nitrogen and oxygen atoms in total. The highest BCUT2D eigenvalue weighted by molar-refractivity contribution is 7.17. The van der Waals surface area contributed by atoms with Gasteiger partial charge in [-0.15, -0.1) is 9.24 Å². The van der Waals surface area contributed by atoms with Crippen LogP contribution in [0, 0.1) is 46.3 Å². The van der Waals surface area contributed by atoms with E-state index in [0.717, 1.165) is 48.3 Å².